The molecule has 1 N–H and O–H groups in total. The molecular weight excluding hydrogens is 302 g/mol. The van der Waals surface area contributed by atoms with Crippen molar-refractivity contribution in [1.29, 1.82) is 0 Å². The van der Waals surface area contributed by atoms with Gasteiger partial charge in [0.15, 0.2) is 0 Å². The van der Waals surface area contributed by atoms with Crippen LogP contribution in [0, 0.1) is 6.92 Å². The molecule has 0 aliphatic carbocycles. The van der Waals surface area contributed by atoms with Gasteiger partial charge < -0.3 is 4.90 Å². The van der Waals surface area contributed by atoms with Crippen molar-refractivity contribution in [3.05, 3.63) is 65.2 Å². The van der Waals surface area contributed by atoms with E-state index in [2.05, 4.69) is 84.7 Å². The topological polar surface area (TPSA) is 27.6 Å². The van der Waals surface area contributed by atoms with Gasteiger partial charge in [0.2, 0.25) is 0 Å². The van der Waals surface area contributed by atoms with Gasteiger partial charge in [-0.05, 0) is 38.5 Å². The maximum atomic E-state index is 4.50. The molecular formula is C19H23N3S. The number of aryl methyl sites for hydroxylation is 1. The second-order valence-electron chi connectivity index (χ2n) is 5.67. The van der Waals surface area contributed by atoms with Crippen LogP contribution in [0.2, 0.25) is 0 Å². The van der Waals surface area contributed by atoms with E-state index in [0.717, 1.165) is 18.1 Å². The molecule has 0 unspecified atom stereocenters. The Morgan fingerprint density at radius 1 is 1.00 bits per heavy atom. The fraction of sp³-hybridized carbons (Fsp3) is 0.316. The fourth-order valence-corrected chi connectivity index (χ4v) is 3.70. The van der Waals surface area contributed by atoms with Crippen LogP contribution in [0.1, 0.15) is 35.9 Å². The molecule has 2 aromatic rings. The number of rotatable bonds is 5. The fourth-order valence-electron chi connectivity index (χ4n) is 2.70. The van der Waals surface area contributed by atoms with Gasteiger partial charge in [-0.3, -0.25) is 5.43 Å². The molecule has 4 heteroatoms. The summed E-state index contributed by atoms with van der Waals surface area (Å²) in [7, 11) is 0. The first-order chi connectivity index (χ1) is 11.2. The molecule has 0 spiro atoms. The standard InChI is InChI=1S/C19H23N3S/c1-4-22(5-2)17-12-10-16(11-13-17)19-21-20-18(23-19)15-8-6-14(3)7-9-15/h6-13,19,21H,4-5H2,1-3H3/t19-/m1/s1. The lowest BCUT2D eigenvalue weighted by Crippen LogP contribution is -2.21. The van der Waals surface area contributed by atoms with E-state index < -0.39 is 0 Å². The Bertz CT molecular complexity index is 673. The predicted octanol–water partition coefficient (Wildman–Crippen LogP) is 4.54. The number of nitrogens with zero attached hydrogens (tertiary/aromatic N) is 2. The van der Waals surface area contributed by atoms with E-state index >= 15 is 0 Å². The maximum Gasteiger partial charge on any atom is 0.126 e. The van der Waals surface area contributed by atoms with Crippen LogP contribution in [0.4, 0.5) is 5.69 Å². The van der Waals surface area contributed by atoms with Gasteiger partial charge in [-0.2, -0.15) is 5.10 Å². The number of hydrogen-bond acceptors (Lipinski definition) is 4. The highest BCUT2D eigenvalue weighted by atomic mass is 32.2. The summed E-state index contributed by atoms with van der Waals surface area (Å²) in [6, 6.07) is 17.3. The zero-order valence-electron chi connectivity index (χ0n) is 13.9. The second kappa shape index (κ2) is 7.09. The Balaban J connectivity index is 1.69. The number of anilines is 1. The van der Waals surface area contributed by atoms with E-state index in [1.807, 2.05) is 0 Å². The molecule has 120 valence electrons. The van der Waals surface area contributed by atoms with Crippen LogP contribution >= 0.6 is 11.8 Å². The van der Waals surface area contributed by atoms with E-state index in [1.54, 1.807) is 11.8 Å². The van der Waals surface area contributed by atoms with Gasteiger partial charge in [0.1, 0.15) is 10.4 Å². The van der Waals surface area contributed by atoms with Crippen LogP contribution in [0.3, 0.4) is 0 Å². The van der Waals surface area contributed by atoms with E-state index in [9.17, 15) is 0 Å². The number of hydrogen-bond donors (Lipinski definition) is 1. The van der Waals surface area contributed by atoms with Crippen molar-refractivity contribution in [2.45, 2.75) is 26.1 Å². The van der Waals surface area contributed by atoms with Crippen molar-refractivity contribution >= 4 is 22.5 Å². The molecule has 23 heavy (non-hydrogen) atoms. The average Bonchev–Trinajstić information content (AvgIpc) is 3.07. The quantitative estimate of drug-likeness (QED) is 0.874. The normalized spacial score (nSPS) is 16.8. The molecule has 3 rings (SSSR count). The molecule has 0 aromatic heterocycles. The minimum atomic E-state index is 0.192. The first-order valence-electron chi connectivity index (χ1n) is 8.13. The van der Waals surface area contributed by atoms with E-state index in [1.165, 1.54) is 22.4 Å². The summed E-state index contributed by atoms with van der Waals surface area (Å²) in [5.41, 5.74) is 8.24. The summed E-state index contributed by atoms with van der Waals surface area (Å²) in [5, 5.41) is 5.75. The highest BCUT2D eigenvalue weighted by Crippen LogP contribution is 2.34. The van der Waals surface area contributed by atoms with Crippen molar-refractivity contribution in [3.63, 3.8) is 0 Å². The number of hydrazone groups is 1. The van der Waals surface area contributed by atoms with Gasteiger partial charge in [-0.15, -0.1) is 0 Å². The van der Waals surface area contributed by atoms with Crippen LogP contribution in [0.15, 0.2) is 53.6 Å². The number of nitrogens with one attached hydrogen (secondary N) is 1. The lowest BCUT2D eigenvalue weighted by atomic mass is 10.2. The molecule has 0 saturated heterocycles. The van der Waals surface area contributed by atoms with Gasteiger partial charge in [0.25, 0.3) is 0 Å². The highest BCUT2D eigenvalue weighted by Gasteiger charge is 2.22. The largest absolute Gasteiger partial charge is 0.372 e. The van der Waals surface area contributed by atoms with Gasteiger partial charge in [0.05, 0.1) is 0 Å². The second-order valence-corrected chi connectivity index (χ2v) is 6.77. The SMILES string of the molecule is CCN(CC)c1ccc([C@@H]2NN=C(c3ccc(C)cc3)S2)cc1. The van der Waals surface area contributed by atoms with Crippen LogP contribution in [0.5, 0.6) is 0 Å². The minimum Gasteiger partial charge on any atom is -0.372 e. The monoisotopic (exact) mass is 325 g/mol. The van der Waals surface area contributed by atoms with Crippen LogP contribution < -0.4 is 10.3 Å². The van der Waals surface area contributed by atoms with E-state index in [0.29, 0.717) is 0 Å². The smallest absolute Gasteiger partial charge is 0.126 e. The third-order valence-corrected chi connectivity index (χ3v) is 5.30. The average molecular weight is 325 g/mol. The molecule has 0 fully saturated rings. The van der Waals surface area contributed by atoms with Crippen molar-refractivity contribution in [2.24, 2.45) is 5.10 Å². The lowest BCUT2D eigenvalue weighted by Gasteiger charge is -2.21. The van der Waals surface area contributed by atoms with Crippen LogP contribution in [0.25, 0.3) is 0 Å². The van der Waals surface area contributed by atoms with Gasteiger partial charge >= 0.3 is 0 Å². The predicted molar refractivity (Wildman–Crippen MR) is 101 cm³/mol. The first-order valence-corrected chi connectivity index (χ1v) is 9.01. The van der Waals surface area contributed by atoms with E-state index in [-0.39, 0.29) is 5.37 Å². The first kappa shape index (κ1) is 15.9. The summed E-state index contributed by atoms with van der Waals surface area (Å²) >= 11 is 1.77. The third-order valence-electron chi connectivity index (χ3n) is 4.14. The Labute approximate surface area is 142 Å². The summed E-state index contributed by atoms with van der Waals surface area (Å²) in [5.74, 6) is 0. The zero-order valence-corrected chi connectivity index (χ0v) is 14.7. The van der Waals surface area contributed by atoms with Gasteiger partial charge in [-0.1, -0.05) is 53.7 Å². The Hall–Kier alpha value is -1.94. The number of benzene rings is 2. The molecule has 1 atom stereocenters. The van der Waals surface area contributed by atoms with Crippen molar-refractivity contribution in [2.75, 3.05) is 18.0 Å². The summed E-state index contributed by atoms with van der Waals surface area (Å²) in [6.45, 7) is 8.55. The summed E-state index contributed by atoms with van der Waals surface area (Å²) in [6.07, 6.45) is 0. The van der Waals surface area contributed by atoms with Crippen LogP contribution in [-0.4, -0.2) is 18.1 Å². The minimum absolute atomic E-state index is 0.192. The van der Waals surface area contributed by atoms with Crippen molar-refractivity contribution < 1.29 is 0 Å². The molecule has 1 aliphatic heterocycles. The van der Waals surface area contributed by atoms with Crippen molar-refractivity contribution in [1.82, 2.24) is 5.43 Å². The zero-order chi connectivity index (χ0) is 16.2. The number of thioether (sulfide) groups is 1. The molecule has 0 bridgehead atoms. The van der Waals surface area contributed by atoms with E-state index in [4.69, 9.17) is 0 Å². The van der Waals surface area contributed by atoms with Gasteiger partial charge in [-0.25, -0.2) is 0 Å². The molecule has 0 amide bonds. The molecule has 0 radical (unpaired) electrons. The molecule has 1 aliphatic rings. The van der Waals surface area contributed by atoms with Gasteiger partial charge in [0, 0.05) is 24.3 Å². The molecule has 2 aromatic carbocycles. The Kier molecular flexibility index (Phi) is 4.91. The third kappa shape index (κ3) is 3.53. The van der Waals surface area contributed by atoms with Crippen LogP contribution in [-0.2, 0) is 0 Å². The lowest BCUT2D eigenvalue weighted by molar-refractivity contribution is 0.743. The van der Waals surface area contributed by atoms with Crippen molar-refractivity contribution in [3.8, 4) is 0 Å². The maximum absolute atomic E-state index is 4.50. The Morgan fingerprint density at radius 3 is 2.26 bits per heavy atom. The molecule has 3 nitrogen and oxygen atoms in total. The molecule has 0 saturated carbocycles. The molecule has 1 heterocycles. The summed E-state index contributed by atoms with van der Waals surface area (Å²) in [4.78, 5) is 2.35. The highest BCUT2D eigenvalue weighted by molar-refractivity contribution is 8.14. The summed E-state index contributed by atoms with van der Waals surface area (Å²) < 4.78 is 0. The Morgan fingerprint density at radius 2 is 1.65 bits per heavy atom.